The molecule has 0 fully saturated rings. The number of halogens is 2. The van der Waals surface area contributed by atoms with Crippen LogP contribution in [0.2, 0.25) is 0 Å². The largest absolute Gasteiger partial charge is 0.306 e. The Balaban J connectivity index is 1.75. The molecule has 1 aliphatic carbocycles. The second-order valence-corrected chi connectivity index (χ2v) is 6.26. The lowest BCUT2D eigenvalue weighted by Gasteiger charge is -2.15. The Morgan fingerprint density at radius 1 is 1.25 bits per heavy atom. The van der Waals surface area contributed by atoms with Gasteiger partial charge in [0.15, 0.2) is 0 Å². The van der Waals surface area contributed by atoms with Gasteiger partial charge in [0.1, 0.15) is 5.82 Å². The summed E-state index contributed by atoms with van der Waals surface area (Å²) < 4.78 is 14.2. The molecule has 0 radical (unpaired) electrons. The molecule has 2 aromatic rings. The van der Waals surface area contributed by atoms with Crippen LogP contribution in [0.4, 0.5) is 4.39 Å². The number of rotatable bonds is 3. The molecule has 1 nitrogen and oxygen atoms in total. The van der Waals surface area contributed by atoms with Gasteiger partial charge in [-0.1, -0.05) is 39.7 Å². The average molecular weight is 334 g/mol. The predicted octanol–water partition coefficient (Wildman–Crippen LogP) is 4.67. The van der Waals surface area contributed by atoms with Gasteiger partial charge < -0.3 is 5.32 Å². The van der Waals surface area contributed by atoms with Crippen molar-refractivity contribution in [2.45, 2.75) is 32.4 Å². The van der Waals surface area contributed by atoms with E-state index in [9.17, 15) is 4.39 Å². The third-order valence-electron chi connectivity index (χ3n) is 3.93. The van der Waals surface area contributed by atoms with Gasteiger partial charge in [-0.15, -0.1) is 0 Å². The van der Waals surface area contributed by atoms with E-state index < -0.39 is 0 Å². The van der Waals surface area contributed by atoms with Crippen LogP contribution < -0.4 is 5.32 Å². The van der Waals surface area contributed by atoms with Crippen molar-refractivity contribution < 1.29 is 4.39 Å². The molecule has 0 amide bonds. The predicted molar refractivity (Wildman–Crippen MR) is 83.2 cm³/mol. The standard InChI is InChI=1S/C17H17BrFN/c1-11-2-3-12-4-7-17(15(12)8-11)20-10-13-9-14(19)5-6-16(13)18/h2-3,5-6,8-9,17,20H,4,7,10H2,1H3. The van der Waals surface area contributed by atoms with Crippen LogP contribution in [0.15, 0.2) is 40.9 Å². The van der Waals surface area contributed by atoms with Gasteiger partial charge >= 0.3 is 0 Å². The lowest BCUT2D eigenvalue weighted by molar-refractivity contribution is 0.527. The summed E-state index contributed by atoms with van der Waals surface area (Å²) in [6, 6.07) is 11.9. The highest BCUT2D eigenvalue weighted by Gasteiger charge is 2.21. The number of benzene rings is 2. The fourth-order valence-corrected chi connectivity index (χ4v) is 3.23. The Bertz CT molecular complexity index is 639. The lowest BCUT2D eigenvalue weighted by atomic mass is 10.0. The van der Waals surface area contributed by atoms with Gasteiger partial charge in [0.2, 0.25) is 0 Å². The molecule has 0 saturated carbocycles. The zero-order valence-corrected chi connectivity index (χ0v) is 13.0. The summed E-state index contributed by atoms with van der Waals surface area (Å²) in [4.78, 5) is 0. The maximum Gasteiger partial charge on any atom is 0.123 e. The molecule has 0 aliphatic heterocycles. The Labute approximate surface area is 127 Å². The minimum atomic E-state index is -0.187. The highest BCUT2D eigenvalue weighted by atomic mass is 79.9. The summed E-state index contributed by atoms with van der Waals surface area (Å²) in [7, 11) is 0. The van der Waals surface area contributed by atoms with Crippen LogP contribution in [-0.2, 0) is 13.0 Å². The van der Waals surface area contributed by atoms with Gasteiger partial charge in [-0.3, -0.25) is 0 Å². The van der Waals surface area contributed by atoms with Gasteiger partial charge in [-0.05, 0) is 54.7 Å². The summed E-state index contributed by atoms with van der Waals surface area (Å²) in [5, 5.41) is 3.55. The van der Waals surface area contributed by atoms with Crippen molar-refractivity contribution in [1.82, 2.24) is 5.32 Å². The SMILES string of the molecule is Cc1ccc2c(c1)C(NCc1cc(F)ccc1Br)CC2. The first-order valence-electron chi connectivity index (χ1n) is 6.90. The highest BCUT2D eigenvalue weighted by Crippen LogP contribution is 2.32. The summed E-state index contributed by atoms with van der Waals surface area (Å²) >= 11 is 3.48. The molecule has 1 N–H and O–H groups in total. The molecular formula is C17H17BrFN. The van der Waals surface area contributed by atoms with Crippen LogP contribution in [-0.4, -0.2) is 0 Å². The molecule has 104 valence electrons. The third kappa shape index (κ3) is 2.79. The smallest absolute Gasteiger partial charge is 0.123 e. The van der Waals surface area contributed by atoms with Crippen LogP contribution in [0, 0.1) is 12.7 Å². The van der Waals surface area contributed by atoms with Crippen molar-refractivity contribution in [3.63, 3.8) is 0 Å². The van der Waals surface area contributed by atoms with Crippen molar-refractivity contribution in [2.75, 3.05) is 0 Å². The lowest BCUT2D eigenvalue weighted by Crippen LogP contribution is -2.19. The Kier molecular flexibility index (Phi) is 3.90. The summed E-state index contributed by atoms with van der Waals surface area (Å²) in [6.45, 7) is 2.80. The zero-order valence-electron chi connectivity index (χ0n) is 11.4. The molecular weight excluding hydrogens is 317 g/mol. The first-order valence-corrected chi connectivity index (χ1v) is 7.69. The van der Waals surface area contributed by atoms with Crippen molar-refractivity contribution in [1.29, 1.82) is 0 Å². The minimum Gasteiger partial charge on any atom is -0.306 e. The number of fused-ring (bicyclic) bond motifs is 1. The molecule has 0 spiro atoms. The first kappa shape index (κ1) is 13.8. The second kappa shape index (κ2) is 5.66. The van der Waals surface area contributed by atoms with Gasteiger partial charge in [-0.25, -0.2) is 4.39 Å². The molecule has 1 atom stereocenters. The molecule has 0 heterocycles. The van der Waals surface area contributed by atoms with Crippen LogP contribution in [0.3, 0.4) is 0 Å². The van der Waals surface area contributed by atoms with Crippen molar-refractivity contribution in [2.24, 2.45) is 0 Å². The van der Waals surface area contributed by atoms with E-state index in [0.29, 0.717) is 12.6 Å². The monoisotopic (exact) mass is 333 g/mol. The van der Waals surface area contributed by atoms with Gasteiger partial charge in [0.05, 0.1) is 0 Å². The van der Waals surface area contributed by atoms with E-state index in [1.807, 2.05) is 0 Å². The average Bonchev–Trinajstić information content (AvgIpc) is 2.82. The Morgan fingerprint density at radius 2 is 2.10 bits per heavy atom. The van der Waals surface area contributed by atoms with E-state index >= 15 is 0 Å². The van der Waals surface area contributed by atoms with E-state index in [0.717, 1.165) is 22.9 Å². The normalized spacial score (nSPS) is 17.2. The fourth-order valence-electron chi connectivity index (χ4n) is 2.85. The molecule has 2 aromatic carbocycles. The van der Waals surface area contributed by atoms with E-state index in [1.165, 1.54) is 22.8 Å². The summed E-state index contributed by atoms with van der Waals surface area (Å²) in [5.74, 6) is -0.187. The van der Waals surface area contributed by atoms with E-state index in [-0.39, 0.29) is 5.82 Å². The van der Waals surface area contributed by atoms with Crippen molar-refractivity contribution in [3.8, 4) is 0 Å². The summed E-state index contributed by atoms with van der Waals surface area (Å²) in [5.41, 5.74) is 5.10. The highest BCUT2D eigenvalue weighted by molar-refractivity contribution is 9.10. The molecule has 0 bridgehead atoms. The Hall–Kier alpha value is -1.19. The van der Waals surface area contributed by atoms with Crippen LogP contribution in [0.5, 0.6) is 0 Å². The molecule has 1 unspecified atom stereocenters. The molecule has 0 saturated heterocycles. The van der Waals surface area contributed by atoms with E-state index in [4.69, 9.17) is 0 Å². The Morgan fingerprint density at radius 3 is 2.95 bits per heavy atom. The van der Waals surface area contributed by atoms with Gasteiger partial charge in [0.25, 0.3) is 0 Å². The number of hydrogen-bond acceptors (Lipinski definition) is 1. The fraction of sp³-hybridized carbons (Fsp3) is 0.294. The summed E-state index contributed by atoms with van der Waals surface area (Å²) in [6.07, 6.45) is 2.24. The topological polar surface area (TPSA) is 12.0 Å². The molecule has 1 aliphatic rings. The quantitative estimate of drug-likeness (QED) is 0.860. The minimum absolute atomic E-state index is 0.187. The molecule has 20 heavy (non-hydrogen) atoms. The first-order chi connectivity index (χ1) is 9.63. The molecule has 0 aromatic heterocycles. The molecule has 3 heteroatoms. The third-order valence-corrected chi connectivity index (χ3v) is 4.70. The number of nitrogens with one attached hydrogen (secondary N) is 1. The van der Waals surface area contributed by atoms with Gasteiger partial charge in [0, 0.05) is 17.1 Å². The van der Waals surface area contributed by atoms with Crippen LogP contribution >= 0.6 is 15.9 Å². The van der Waals surface area contributed by atoms with Gasteiger partial charge in [-0.2, -0.15) is 0 Å². The zero-order chi connectivity index (χ0) is 14.1. The maximum atomic E-state index is 13.3. The van der Waals surface area contributed by atoms with Crippen LogP contribution in [0.25, 0.3) is 0 Å². The second-order valence-electron chi connectivity index (χ2n) is 5.41. The number of aryl methyl sites for hydroxylation is 2. The van der Waals surface area contributed by atoms with E-state index in [1.54, 1.807) is 12.1 Å². The number of hydrogen-bond donors (Lipinski definition) is 1. The molecule has 3 rings (SSSR count). The van der Waals surface area contributed by atoms with Crippen molar-refractivity contribution >= 4 is 15.9 Å². The maximum absolute atomic E-state index is 13.3. The van der Waals surface area contributed by atoms with E-state index in [2.05, 4.69) is 46.4 Å². The van der Waals surface area contributed by atoms with Crippen molar-refractivity contribution in [3.05, 3.63) is 68.9 Å². The van der Waals surface area contributed by atoms with Crippen LogP contribution in [0.1, 0.15) is 34.7 Å².